The fourth-order valence-electron chi connectivity index (χ4n) is 6.15. The minimum Gasteiger partial charge on any atom is -0.462 e. The summed E-state index contributed by atoms with van der Waals surface area (Å²) in [7, 11) is -2.61. The van der Waals surface area contributed by atoms with Crippen LogP contribution in [0.15, 0.2) is 127 Å². The molecule has 3 nitrogen and oxygen atoms in total. The molecule has 5 aromatic rings. The number of cyclic esters (lactones) is 1. The van der Waals surface area contributed by atoms with E-state index >= 15 is 0 Å². The molecule has 0 amide bonds. The SMILES string of the molecule is O=C1OCCc2cc(N3c4ccccc4[Si](c4ccccc4)(c4ccccc4)c4ccccc43)ccc21. The van der Waals surface area contributed by atoms with E-state index in [2.05, 4.69) is 126 Å². The normalized spacial score (nSPS) is 15.2. The molecule has 2 heterocycles. The highest BCUT2D eigenvalue weighted by Crippen LogP contribution is 2.39. The minimum absolute atomic E-state index is 0.230. The van der Waals surface area contributed by atoms with Gasteiger partial charge < -0.3 is 9.64 Å². The molecule has 0 aromatic heterocycles. The molecule has 0 bridgehead atoms. The molecule has 0 spiro atoms. The van der Waals surface area contributed by atoms with Crippen LogP contribution in [0.4, 0.5) is 17.1 Å². The van der Waals surface area contributed by atoms with Crippen LogP contribution in [-0.4, -0.2) is 20.7 Å². The van der Waals surface area contributed by atoms with Crippen LogP contribution in [0.3, 0.4) is 0 Å². The summed E-state index contributed by atoms with van der Waals surface area (Å²) >= 11 is 0. The predicted molar refractivity (Wildman–Crippen MR) is 152 cm³/mol. The smallest absolute Gasteiger partial charge is 0.338 e. The Balaban J connectivity index is 1.56. The Labute approximate surface area is 217 Å². The summed E-state index contributed by atoms with van der Waals surface area (Å²) < 4.78 is 5.28. The number of carbonyl (C=O) groups excluding carboxylic acids is 1. The lowest BCUT2D eigenvalue weighted by molar-refractivity contribution is 0.0480. The van der Waals surface area contributed by atoms with E-state index in [0.717, 1.165) is 17.7 Å². The molecule has 0 saturated heterocycles. The Morgan fingerprint density at radius 2 is 1.16 bits per heavy atom. The van der Waals surface area contributed by atoms with Gasteiger partial charge in [0.15, 0.2) is 8.07 Å². The number of esters is 1. The van der Waals surface area contributed by atoms with E-state index in [9.17, 15) is 4.79 Å². The second-order valence-corrected chi connectivity index (χ2v) is 13.3. The Morgan fingerprint density at radius 1 is 0.622 bits per heavy atom. The van der Waals surface area contributed by atoms with Crippen molar-refractivity contribution in [1.29, 1.82) is 0 Å². The van der Waals surface area contributed by atoms with E-state index in [-0.39, 0.29) is 5.97 Å². The van der Waals surface area contributed by atoms with Gasteiger partial charge in [-0.1, -0.05) is 97.1 Å². The van der Waals surface area contributed by atoms with Crippen LogP contribution in [0.2, 0.25) is 0 Å². The fourth-order valence-corrected chi connectivity index (χ4v) is 11.2. The highest BCUT2D eigenvalue weighted by molar-refractivity contribution is 7.21. The highest BCUT2D eigenvalue weighted by Gasteiger charge is 2.48. The van der Waals surface area contributed by atoms with E-state index < -0.39 is 8.07 Å². The molecular formula is C33H25NO2Si. The van der Waals surface area contributed by atoms with Gasteiger partial charge in [-0.15, -0.1) is 0 Å². The first-order valence-corrected chi connectivity index (χ1v) is 14.7. The zero-order valence-electron chi connectivity index (χ0n) is 20.3. The summed E-state index contributed by atoms with van der Waals surface area (Å²) in [6.45, 7) is 0.431. The third-order valence-electron chi connectivity index (χ3n) is 7.68. The molecule has 0 unspecified atom stereocenters. The van der Waals surface area contributed by atoms with E-state index in [4.69, 9.17) is 4.74 Å². The van der Waals surface area contributed by atoms with Crippen molar-refractivity contribution in [2.45, 2.75) is 6.42 Å². The largest absolute Gasteiger partial charge is 0.462 e. The number of fused-ring (bicyclic) bond motifs is 3. The van der Waals surface area contributed by atoms with Crippen LogP contribution >= 0.6 is 0 Å². The van der Waals surface area contributed by atoms with Crippen LogP contribution in [0.25, 0.3) is 0 Å². The van der Waals surface area contributed by atoms with Gasteiger partial charge in [-0.05, 0) is 56.6 Å². The molecular weight excluding hydrogens is 470 g/mol. The maximum Gasteiger partial charge on any atom is 0.338 e. The first-order valence-electron chi connectivity index (χ1n) is 12.7. The first-order chi connectivity index (χ1) is 18.3. The van der Waals surface area contributed by atoms with Gasteiger partial charge in [-0.3, -0.25) is 0 Å². The molecule has 5 aromatic carbocycles. The Bertz CT molecular complexity index is 1540. The minimum atomic E-state index is -2.61. The number of rotatable bonds is 3. The number of ether oxygens (including phenoxy) is 1. The summed E-state index contributed by atoms with van der Waals surface area (Å²) in [5.74, 6) is -0.230. The van der Waals surface area contributed by atoms with Gasteiger partial charge in [0.1, 0.15) is 0 Å². The summed E-state index contributed by atoms with van der Waals surface area (Å²) in [6, 6.07) is 45.9. The van der Waals surface area contributed by atoms with Crippen molar-refractivity contribution in [3.05, 3.63) is 139 Å². The van der Waals surface area contributed by atoms with Crippen LogP contribution in [0.5, 0.6) is 0 Å². The molecule has 7 rings (SSSR count). The summed E-state index contributed by atoms with van der Waals surface area (Å²) in [5, 5.41) is 5.47. The van der Waals surface area contributed by atoms with Gasteiger partial charge in [0.05, 0.1) is 12.2 Å². The lowest BCUT2D eigenvalue weighted by Gasteiger charge is -2.45. The maximum absolute atomic E-state index is 12.3. The summed E-state index contributed by atoms with van der Waals surface area (Å²) in [4.78, 5) is 14.7. The van der Waals surface area contributed by atoms with Crippen LogP contribution < -0.4 is 25.6 Å². The standard InChI is InChI=1S/C33H25NO2Si/c35-33-28-20-19-25(23-24(28)21-22-36-33)34-29-15-7-9-17-31(29)37(26-11-3-1-4-12-26,27-13-5-2-6-14-27)32-18-10-8-16-30(32)34/h1-20,23H,21-22H2. The number of hydrogen-bond donors (Lipinski definition) is 0. The number of para-hydroxylation sites is 2. The number of nitrogens with zero attached hydrogens (tertiary/aromatic N) is 1. The molecule has 0 radical (unpaired) electrons. The van der Waals surface area contributed by atoms with Crippen molar-refractivity contribution in [3.63, 3.8) is 0 Å². The average molecular weight is 496 g/mol. The van der Waals surface area contributed by atoms with Gasteiger partial charge >= 0.3 is 5.97 Å². The quantitative estimate of drug-likeness (QED) is 0.266. The van der Waals surface area contributed by atoms with Crippen molar-refractivity contribution in [1.82, 2.24) is 0 Å². The van der Waals surface area contributed by atoms with E-state index in [1.807, 2.05) is 6.07 Å². The van der Waals surface area contributed by atoms with Gasteiger partial charge in [-0.2, -0.15) is 0 Å². The average Bonchev–Trinajstić information content (AvgIpc) is 2.97. The molecule has 4 heteroatoms. The number of anilines is 3. The molecule has 0 saturated carbocycles. The maximum atomic E-state index is 12.3. The third-order valence-corrected chi connectivity index (χ3v) is 12.5. The van der Waals surface area contributed by atoms with Crippen molar-refractivity contribution < 1.29 is 9.53 Å². The second-order valence-electron chi connectivity index (χ2n) is 9.58. The predicted octanol–water partition coefficient (Wildman–Crippen LogP) is 4.56. The number of benzene rings is 5. The zero-order valence-corrected chi connectivity index (χ0v) is 21.3. The summed E-state index contributed by atoms with van der Waals surface area (Å²) in [6.07, 6.45) is 0.735. The zero-order chi connectivity index (χ0) is 24.8. The van der Waals surface area contributed by atoms with E-state index in [1.165, 1.54) is 32.1 Å². The van der Waals surface area contributed by atoms with Gasteiger partial charge in [0, 0.05) is 23.5 Å². The van der Waals surface area contributed by atoms with Gasteiger partial charge in [-0.25, -0.2) is 4.79 Å². The van der Waals surface area contributed by atoms with E-state index in [0.29, 0.717) is 12.2 Å². The van der Waals surface area contributed by atoms with Crippen molar-refractivity contribution in [2.24, 2.45) is 0 Å². The van der Waals surface area contributed by atoms with Crippen LogP contribution in [0, 0.1) is 0 Å². The Kier molecular flexibility index (Phi) is 5.08. The first kappa shape index (κ1) is 21.8. The fraction of sp³-hybridized carbons (Fsp3) is 0.0606. The lowest BCUT2D eigenvalue weighted by atomic mass is 10.0. The molecule has 0 fully saturated rings. The van der Waals surface area contributed by atoms with Crippen molar-refractivity contribution in [2.75, 3.05) is 11.5 Å². The summed E-state index contributed by atoms with van der Waals surface area (Å²) in [5.41, 5.74) is 5.17. The topological polar surface area (TPSA) is 29.5 Å². The van der Waals surface area contributed by atoms with Gasteiger partial charge in [0.2, 0.25) is 0 Å². The number of hydrogen-bond acceptors (Lipinski definition) is 3. The molecule has 0 N–H and O–H groups in total. The Morgan fingerprint density at radius 3 is 1.76 bits per heavy atom. The van der Waals surface area contributed by atoms with Crippen LogP contribution in [0.1, 0.15) is 15.9 Å². The molecule has 0 atom stereocenters. The molecule has 37 heavy (non-hydrogen) atoms. The molecule has 2 aliphatic heterocycles. The molecule has 0 aliphatic carbocycles. The van der Waals surface area contributed by atoms with Crippen molar-refractivity contribution in [3.8, 4) is 0 Å². The van der Waals surface area contributed by atoms with Gasteiger partial charge in [0.25, 0.3) is 0 Å². The second kappa shape index (κ2) is 8.61. The highest BCUT2D eigenvalue weighted by atomic mass is 28.3. The number of carbonyl (C=O) groups is 1. The molecule has 178 valence electrons. The van der Waals surface area contributed by atoms with E-state index in [1.54, 1.807) is 0 Å². The van der Waals surface area contributed by atoms with Crippen LogP contribution in [-0.2, 0) is 11.2 Å². The Hall–Kier alpha value is -4.41. The molecule has 2 aliphatic rings. The van der Waals surface area contributed by atoms with Crippen molar-refractivity contribution >= 4 is 51.9 Å². The lowest BCUT2D eigenvalue weighted by Crippen LogP contribution is -2.77. The monoisotopic (exact) mass is 495 g/mol. The third kappa shape index (κ3) is 3.23.